The summed E-state index contributed by atoms with van der Waals surface area (Å²) in [5.41, 5.74) is -0.442. The lowest BCUT2D eigenvalue weighted by Crippen LogP contribution is -2.51. The van der Waals surface area contributed by atoms with Crippen LogP contribution in [0.4, 0.5) is 0 Å². The molecule has 2 nitrogen and oxygen atoms in total. The first-order valence-electron chi connectivity index (χ1n) is 4.78. The lowest BCUT2D eigenvalue weighted by atomic mass is 9.75. The quantitative estimate of drug-likeness (QED) is 0.604. The van der Waals surface area contributed by atoms with Crippen molar-refractivity contribution in [3.63, 3.8) is 0 Å². The van der Waals surface area contributed by atoms with Crippen LogP contribution in [0, 0.1) is 0 Å². The molecule has 0 N–H and O–H groups in total. The van der Waals surface area contributed by atoms with Crippen LogP contribution >= 0.6 is 0 Å². The molecule has 2 rings (SSSR count). The SMILES string of the molecule is C=CCC1C=CC(=O)C2(CCC2)O1. The van der Waals surface area contributed by atoms with E-state index in [9.17, 15) is 4.79 Å². The maximum Gasteiger partial charge on any atom is 0.187 e. The van der Waals surface area contributed by atoms with Gasteiger partial charge in [0, 0.05) is 0 Å². The Labute approximate surface area is 78.3 Å². The van der Waals surface area contributed by atoms with Gasteiger partial charge in [-0.15, -0.1) is 6.58 Å². The van der Waals surface area contributed by atoms with Gasteiger partial charge in [-0.3, -0.25) is 4.79 Å². The van der Waals surface area contributed by atoms with Crippen LogP contribution in [0.1, 0.15) is 25.7 Å². The molecule has 0 radical (unpaired) electrons. The Morgan fingerprint density at radius 3 is 3.00 bits per heavy atom. The maximum absolute atomic E-state index is 11.5. The van der Waals surface area contributed by atoms with Gasteiger partial charge in [0.2, 0.25) is 0 Å². The third-order valence-corrected chi connectivity index (χ3v) is 2.85. The van der Waals surface area contributed by atoms with E-state index in [2.05, 4.69) is 6.58 Å². The van der Waals surface area contributed by atoms with E-state index in [0.29, 0.717) is 0 Å². The van der Waals surface area contributed by atoms with E-state index >= 15 is 0 Å². The van der Waals surface area contributed by atoms with Gasteiger partial charge in [-0.05, 0) is 31.8 Å². The molecule has 0 aromatic rings. The fourth-order valence-electron chi connectivity index (χ4n) is 1.89. The van der Waals surface area contributed by atoms with E-state index in [-0.39, 0.29) is 11.9 Å². The lowest BCUT2D eigenvalue weighted by Gasteiger charge is -2.43. The molecule has 13 heavy (non-hydrogen) atoms. The second kappa shape index (κ2) is 3.11. The number of rotatable bonds is 2. The summed E-state index contributed by atoms with van der Waals surface area (Å²) in [4.78, 5) is 11.5. The van der Waals surface area contributed by atoms with Crippen molar-refractivity contribution < 1.29 is 9.53 Å². The molecule has 1 saturated carbocycles. The molecule has 2 heteroatoms. The molecule has 1 heterocycles. The molecule has 1 aliphatic carbocycles. The molecule has 0 aromatic heterocycles. The highest BCUT2D eigenvalue weighted by molar-refractivity contribution is 5.98. The average molecular weight is 178 g/mol. The maximum atomic E-state index is 11.5. The Balaban J connectivity index is 2.11. The Morgan fingerprint density at radius 1 is 1.69 bits per heavy atom. The van der Waals surface area contributed by atoms with Gasteiger partial charge in [0.15, 0.2) is 5.78 Å². The highest BCUT2D eigenvalue weighted by Gasteiger charge is 2.46. The highest BCUT2D eigenvalue weighted by Crippen LogP contribution is 2.40. The van der Waals surface area contributed by atoms with Gasteiger partial charge in [0.05, 0.1) is 6.10 Å². The summed E-state index contributed by atoms with van der Waals surface area (Å²) >= 11 is 0. The van der Waals surface area contributed by atoms with Crippen molar-refractivity contribution in [1.29, 1.82) is 0 Å². The summed E-state index contributed by atoms with van der Waals surface area (Å²) in [5, 5.41) is 0. The monoisotopic (exact) mass is 178 g/mol. The van der Waals surface area contributed by atoms with Gasteiger partial charge < -0.3 is 4.74 Å². The zero-order valence-corrected chi connectivity index (χ0v) is 7.66. The number of hydrogen-bond acceptors (Lipinski definition) is 2. The summed E-state index contributed by atoms with van der Waals surface area (Å²) < 4.78 is 5.75. The Hall–Kier alpha value is -0.890. The first kappa shape index (κ1) is 8.70. The van der Waals surface area contributed by atoms with Crippen LogP contribution < -0.4 is 0 Å². The van der Waals surface area contributed by atoms with Gasteiger partial charge in [-0.2, -0.15) is 0 Å². The molecule has 1 fully saturated rings. The Morgan fingerprint density at radius 2 is 2.46 bits per heavy atom. The minimum atomic E-state index is -0.442. The van der Waals surface area contributed by atoms with Crippen molar-refractivity contribution >= 4 is 5.78 Å². The fourth-order valence-corrected chi connectivity index (χ4v) is 1.89. The highest BCUT2D eigenvalue weighted by atomic mass is 16.5. The van der Waals surface area contributed by atoms with E-state index < -0.39 is 5.60 Å². The largest absolute Gasteiger partial charge is 0.359 e. The zero-order valence-electron chi connectivity index (χ0n) is 7.66. The van der Waals surface area contributed by atoms with Crippen molar-refractivity contribution in [1.82, 2.24) is 0 Å². The van der Waals surface area contributed by atoms with Crippen molar-refractivity contribution in [2.75, 3.05) is 0 Å². The van der Waals surface area contributed by atoms with Crippen molar-refractivity contribution in [2.24, 2.45) is 0 Å². The summed E-state index contributed by atoms with van der Waals surface area (Å²) in [6, 6.07) is 0. The van der Waals surface area contributed by atoms with Crippen molar-refractivity contribution in [3.8, 4) is 0 Å². The molecule has 0 saturated heterocycles. The first-order chi connectivity index (χ1) is 6.27. The predicted molar refractivity (Wildman–Crippen MR) is 50.4 cm³/mol. The topological polar surface area (TPSA) is 26.3 Å². The van der Waals surface area contributed by atoms with Crippen LogP contribution in [0.15, 0.2) is 24.8 Å². The number of carbonyl (C=O) groups excluding carboxylic acids is 1. The van der Waals surface area contributed by atoms with E-state index in [0.717, 1.165) is 25.7 Å². The summed E-state index contributed by atoms with van der Waals surface area (Å²) in [6.07, 6.45) is 9.11. The fraction of sp³-hybridized carbons (Fsp3) is 0.545. The van der Waals surface area contributed by atoms with E-state index in [1.54, 1.807) is 6.08 Å². The molecule has 1 atom stereocenters. The van der Waals surface area contributed by atoms with Crippen molar-refractivity contribution in [3.05, 3.63) is 24.8 Å². The molecule has 1 spiro atoms. The van der Waals surface area contributed by atoms with Gasteiger partial charge in [0.25, 0.3) is 0 Å². The zero-order chi connectivity index (χ0) is 9.31. The van der Waals surface area contributed by atoms with Crippen LogP contribution in [0.5, 0.6) is 0 Å². The minimum Gasteiger partial charge on any atom is -0.359 e. The number of ketones is 1. The third-order valence-electron chi connectivity index (χ3n) is 2.85. The molecule has 70 valence electrons. The normalized spacial score (nSPS) is 30.2. The summed E-state index contributed by atoms with van der Waals surface area (Å²) in [6.45, 7) is 3.67. The molecule has 0 amide bonds. The molecule has 2 aliphatic rings. The average Bonchev–Trinajstić information content (AvgIpc) is 2.06. The lowest BCUT2D eigenvalue weighted by molar-refractivity contribution is -0.162. The van der Waals surface area contributed by atoms with Gasteiger partial charge in [0.1, 0.15) is 5.60 Å². The van der Waals surface area contributed by atoms with Crippen molar-refractivity contribution in [2.45, 2.75) is 37.4 Å². The van der Waals surface area contributed by atoms with Crippen LogP contribution in [0.3, 0.4) is 0 Å². The van der Waals surface area contributed by atoms with Crippen LogP contribution in [0.2, 0.25) is 0 Å². The minimum absolute atomic E-state index is 0.0653. The van der Waals surface area contributed by atoms with Crippen LogP contribution in [0.25, 0.3) is 0 Å². The molecular formula is C11H14O2. The summed E-state index contributed by atoms with van der Waals surface area (Å²) in [5.74, 6) is 0.152. The van der Waals surface area contributed by atoms with Crippen LogP contribution in [-0.4, -0.2) is 17.5 Å². The number of carbonyl (C=O) groups is 1. The molecular weight excluding hydrogens is 164 g/mol. The third kappa shape index (κ3) is 1.35. The van der Waals surface area contributed by atoms with Crippen LogP contribution in [-0.2, 0) is 9.53 Å². The number of hydrogen-bond donors (Lipinski definition) is 0. The molecule has 1 unspecified atom stereocenters. The first-order valence-corrected chi connectivity index (χ1v) is 4.78. The second-order valence-electron chi connectivity index (χ2n) is 3.75. The second-order valence-corrected chi connectivity index (χ2v) is 3.75. The predicted octanol–water partition coefficient (Wildman–Crippen LogP) is 2.01. The molecule has 1 aliphatic heterocycles. The smallest absolute Gasteiger partial charge is 0.187 e. The number of ether oxygens (including phenoxy) is 1. The van der Waals surface area contributed by atoms with Gasteiger partial charge in [-0.25, -0.2) is 0 Å². The van der Waals surface area contributed by atoms with Gasteiger partial charge >= 0.3 is 0 Å². The van der Waals surface area contributed by atoms with E-state index in [4.69, 9.17) is 4.74 Å². The Bertz CT molecular complexity index is 261. The summed E-state index contributed by atoms with van der Waals surface area (Å²) in [7, 11) is 0. The Kier molecular flexibility index (Phi) is 2.08. The molecule has 0 bridgehead atoms. The molecule has 0 aromatic carbocycles. The van der Waals surface area contributed by atoms with E-state index in [1.807, 2.05) is 12.2 Å². The van der Waals surface area contributed by atoms with Gasteiger partial charge in [-0.1, -0.05) is 12.2 Å². The standard InChI is InChI=1S/C11H14O2/c1-2-4-9-5-6-10(12)11(13-9)7-3-8-11/h2,5-6,9H,1,3-4,7-8H2. The van der Waals surface area contributed by atoms with E-state index in [1.165, 1.54) is 0 Å².